The van der Waals surface area contributed by atoms with Crippen LogP contribution in [0.2, 0.25) is 0 Å². The first-order valence-corrected chi connectivity index (χ1v) is 7.97. The van der Waals surface area contributed by atoms with Crippen LogP contribution in [0.5, 0.6) is 11.5 Å². The predicted molar refractivity (Wildman–Crippen MR) is 95.2 cm³/mol. The maximum atomic E-state index is 12.2. The zero-order valence-electron chi connectivity index (χ0n) is 14.5. The van der Waals surface area contributed by atoms with Crippen molar-refractivity contribution >= 4 is 22.7 Å². The van der Waals surface area contributed by atoms with E-state index in [1.165, 1.54) is 0 Å². The fourth-order valence-electron chi connectivity index (χ4n) is 2.64. The number of nitrogens with zero attached hydrogens (tertiary/aromatic N) is 1. The number of aryl methyl sites for hydroxylation is 2. The van der Waals surface area contributed by atoms with Crippen molar-refractivity contribution in [1.29, 1.82) is 0 Å². The van der Waals surface area contributed by atoms with E-state index < -0.39 is 0 Å². The Morgan fingerprint density at radius 1 is 1.12 bits per heavy atom. The van der Waals surface area contributed by atoms with Crippen molar-refractivity contribution in [1.82, 2.24) is 4.98 Å². The lowest BCUT2D eigenvalue weighted by atomic mass is 10.1. The van der Waals surface area contributed by atoms with Gasteiger partial charge in [-0.05, 0) is 36.2 Å². The molecule has 0 radical (unpaired) electrons. The fourth-order valence-corrected chi connectivity index (χ4v) is 2.64. The number of amides is 1. The maximum Gasteiger partial charge on any atom is 0.224 e. The van der Waals surface area contributed by atoms with Crippen LogP contribution in [0.1, 0.15) is 17.9 Å². The Kier molecular flexibility index (Phi) is 4.88. The molecule has 3 aromatic rings. The first-order chi connectivity index (χ1) is 12.1. The lowest BCUT2D eigenvalue weighted by Gasteiger charge is -2.09. The second kappa shape index (κ2) is 7.25. The number of nitrogens with one attached hydrogen (secondary N) is 1. The highest BCUT2D eigenvalue weighted by molar-refractivity contribution is 5.92. The number of oxazole rings is 1. The second-order valence-electron chi connectivity index (χ2n) is 5.65. The number of fused-ring (bicyclic) bond motifs is 1. The van der Waals surface area contributed by atoms with Crippen LogP contribution >= 0.6 is 0 Å². The van der Waals surface area contributed by atoms with Gasteiger partial charge in [0.05, 0.1) is 14.2 Å². The maximum absolute atomic E-state index is 12.2. The number of benzene rings is 2. The Morgan fingerprint density at radius 3 is 2.68 bits per heavy atom. The van der Waals surface area contributed by atoms with Gasteiger partial charge in [-0.25, -0.2) is 4.98 Å². The monoisotopic (exact) mass is 340 g/mol. The number of hydrogen-bond acceptors (Lipinski definition) is 5. The molecule has 0 saturated heterocycles. The van der Waals surface area contributed by atoms with Crippen LogP contribution in [0.4, 0.5) is 5.69 Å². The van der Waals surface area contributed by atoms with Gasteiger partial charge in [0.25, 0.3) is 0 Å². The van der Waals surface area contributed by atoms with Crippen LogP contribution < -0.4 is 14.8 Å². The molecule has 0 fully saturated rings. The number of rotatable bonds is 6. The van der Waals surface area contributed by atoms with Crippen molar-refractivity contribution in [3.05, 3.63) is 47.9 Å². The largest absolute Gasteiger partial charge is 0.493 e. The molecule has 130 valence electrons. The van der Waals surface area contributed by atoms with Crippen molar-refractivity contribution in [2.45, 2.75) is 19.8 Å². The van der Waals surface area contributed by atoms with E-state index in [0.717, 1.165) is 11.1 Å². The van der Waals surface area contributed by atoms with E-state index in [-0.39, 0.29) is 5.91 Å². The summed E-state index contributed by atoms with van der Waals surface area (Å²) in [4.78, 5) is 16.4. The summed E-state index contributed by atoms with van der Waals surface area (Å²) in [7, 11) is 3.19. The second-order valence-corrected chi connectivity index (χ2v) is 5.65. The molecular weight excluding hydrogens is 320 g/mol. The van der Waals surface area contributed by atoms with E-state index in [4.69, 9.17) is 13.9 Å². The standard InChI is InChI=1S/C19H20N2O4/c1-12-20-15-7-6-14(11-17(15)25-12)21-19(22)9-5-13-4-8-16(23-2)18(10-13)24-3/h4,6-8,10-11H,5,9H2,1-3H3,(H,21,22). The lowest BCUT2D eigenvalue weighted by molar-refractivity contribution is -0.116. The number of hydrogen-bond donors (Lipinski definition) is 1. The number of ether oxygens (including phenoxy) is 2. The third-order valence-electron chi connectivity index (χ3n) is 3.87. The van der Waals surface area contributed by atoms with Crippen LogP contribution in [0.3, 0.4) is 0 Å². The molecule has 0 spiro atoms. The quantitative estimate of drug-likeness (QED) is 0.740. The summed E-state index contributed by atoms with van der Waals surface area (Å²) in [5.41, 5.74) is 3.14. The molecule has 0 aliphatic carbocycles. The molecule has 3 rings (SSSR count). The van der Waals surface area contributed by atoms with E-state index in [9.17, 15) is 4.79 Å². The van der Waals surface area contributed by atoms with Crippen LogP contribution in [0, 0.1) is 6.92 Å². The van der Waals surface area contributed by atoms with Gasteiger partial charge in [-0.15, -0.1) is 0 Å². The molecule has 0 aliphatic rings. The Morgan fingerprint density at radius 2 is 1.92 bits per heavy atom. The minimum Gasteiger partial charge on any atom is -0.493 e. The molecule has 0 saturated carbocycles. The Hall–Kier alpha value is -3.02. The summed E-state index contributed by atoms with van der Waals surface area (Å²) in [6.07, 6.45) is 0.971. The Labute approximate surface area is 145 Å². The Bertz CT molecular complexity index is 902. The van der Waals surface area contributed by atoms with Crippen LogP contribution in [-0.4, -0.2) is 25.1 Å². The zero-order valence-corrected chi connectivity index (χ0v) is 14.5. The average Bonchev–Trinajstić information content (AvgIpc) is 2.99. The summed E-state index contributed by atoms with van der Waals surface area (Å²) < 4.78 is 16.0. The zero-order chi connectivity index (χ0) is 17.8. The SMILES string of the molecule is COc1ccc(CCC(=O)Nc2ccc3nc(C)oc3c2)cc1OC. The number of anilines is 1. The molecule has 1 aromatic heterocycles. The highest BCUT2D eigenvalue weighted by atomic mass is 16.5. The molecule has 2 aromatic carbocycles. The first-order valence-electron chi connectivity index (χ1n) is 7.97. The molecular formula is C19H20N2O4. The number of aromatic nitrogens is 1. The van der Waals surface area contributed by atoms with Crippen LogP contribution in [0.15, 0.2) is 40.8 Å². The van der Waals surface area contributed by atoms with Gasteiger partial charge in [-0.2, -0.15) is 0 Å². The number of carbonyl (C=O) groups excluding carboxylic acids is 1. The molecule has 1 heterocycles. The molecule has 1 amide bonds. The summed E-state index contributed by atoms with van der Waals surface area (Å²) in [6, 6.07) is 11.1. The fraction of sp³-hybridized carbons (Fsp3) is 0.263. The minimum absolute atomic E-state index is 0.0645. The molecule has 0 bridgehead atoms. The predicted octanol–water partition coefficient (Wildman–Crippen LogP) is 3.72. The summed E-state index contributed by atoms with van der Waals surface area (Å²) >= 11 is 0. The van der Waals surface area contributed by atoms with Gasteiger partial charge in [0, 0.05) is 25.1 Å². The molecule has 0 aliphatic heterocycles. The van der Waals surface area contributed by atoms with Crippen LogP contribution in [-0.2, 0) is 11.2 Å². The van der Waals surface area contributed by atoms with E-state index in [1.807, 2.05) is 30.3 Å². The number of methoxy groups -OCH3 is 2. The van der Waals surface area contributed by atoms with Gasteiger partial charge in [0.2, 0.25) is 5.91 Å². The van der Waals surface area contributed by atoms with Crippen molar-refractivity contribution < 1.29 is 18.7 Å². The first kappa shape index (κ1) is 16.8. The normalized spacial score (nSPS) is 10.7. The Balaban J connectivity index is 1.62. The van der Waals surface area contributed by atoms with E-state index in [1.54, 1.807) is 27.2 Å². The summed E-state index contributed by atoms with van der Waals surface area (Å²) in [6.45, 7) is 1.79. The molecule has 1 N–H and O–H groups in total. The summed E-state index contributed by atoms with van der Waals surface area (Å²) in [5.74, 6) is 1.87. The minimum atomic E-state index is -0.0645. The number of carbonyl (C=O) groups is 1. The van der Waals surface area contributed by atoms with Crippen molar-refractivity contribution in [3.8, 4) is 11.5 Å². The smallest absolute Gasteiger partial charge is 0.224 e. The van der Waals surface area contributed by atoms with Gasteiger partial charge >= 0.3 is 0 Å². The average molecular weight is 340 g/mol. The highest BCUT2D eigenvalue weighted by Crippen LogP contribution is 2.28. The van der Waals surface area contributed by atoms with E-state index >= 15 is 0 Å². The molecule has 0 unspecified atom stereocenters. The highest BCUT2D eigenvalue weighted by Gasteiger charge is 2.09. The van der Waals surface area contributed by atoms with Gasteiger partial charge in [0.15, 0.2) is 23.0 Å². The van der Waals surface area contributed by atoms with E-state index in [2.05, 4.69) is 10.3 Å². The van der Waals surface area contributed by atoms with Crippen molar-refractivity contribution in [2.75, 3.05) is 19.5 Å². The van der Waals surface area contributed by atoms with Crippen LogP contribution in [0.25, 0.3) is 11.1 Å². The van der Waals surface area contributed by atoms with Gasteiger partial charge in [0.1, 0.15) is 5.52 Å². The van der Waals surface area contributed by atoms with E-state index in [0.29, 0.717) is 41.5 Å². The third kappa shape index (κ3) is 3.91. The van der Waals surface area contributed by atoms with Gasteiger partial charge < -0.3 is 19.2 Å². The molecule has 0 atom stereocenters. The topological polar surface area (TPSA) is 73.6 Å². The molecule has 25 heavy (non-hydrogen) atoms. The van der Waals surface area contributed by atoms with Gasteiger partial charge in [-0.3, -0.25) is 4.79 Å². The van der Waals surface area contributed by atoms with Crippen molar-refractivity contribution in [3.63, 3.8) is 0 Å². The molecule has 6 heteroatoms. The lowest BCUT2D eigenvalue weighted by Crippen LogP contribution is -2.12. The third-order valence-corrected chi connectivity index (χ3v) is 3.87. The van der Waals surface area contributed by atoms with Crippen molar-refractivity contribution in [2.24, 2.45) is 0 Å². The van der Waals surface area contributed by atoms with Gasteiger partial charge in [-0.1, -0.05) is 6.07 Å². The summed E-state index contributed by atoms with van der Waals surface area (Å²) in [5, 5.41) is 2.88. The molecule has 6 nitrogen and oxygen atoms in total.